The van der Waals surface area contributed by atoms with Crippen molar-refractivity contribution in [1.29, 1.82) is 0 Å². The van der Waals surface area contributed by atoms with E-state index in [2.05, 4.69) is 17.2 Å². The molecule has 1 aromatic rings. The molecule has 1 N–H and O–H groups in total. The van der Waals surface area contributed by atoms with Crippen molar-refractivity contribution in [2.24, 2.45) is 0 Å². The molecule has 2 heterocycles. The first-order valence-corrected chi connectivity index (χ1v) is 7.46. The van der Waals surface area contributed by atoms with Crippen molar-refractivity contribution in [3.05, 3.63) is 23.9 Å². The topological polar surface area (TPSA) is 45.2 Å². The molecule has 5 heteroatoms. The zero-order valence-corrected chi connectivity index (χ0v) is 11.7. The number of rotatable bonds is 3. The summed E-state index contributed by atoms with van der Waals surface area (Å²) in [5.74, 6) is 2.96. The third kappa shape index (κ3) is 2.96. The molecule has 1 fully saturated rings. The zero-order valence-electron chi connectivity index (χ0n) is 10.8. The lowest BCUT2D eigenvalue weighted by Gasteiger charge is -2.33. The number of nitrogens with zero attached hydrogens (tertiary/aromatic N) is 2. The van der Waals surface area contributed by atoms with E-state index < -0.39 is 0 Å². The number of pyridine rings is 1. The lowest BCUT2D eigenvalue weighted by Crippen LogP contribution is -2.44. The SMILES string of the molecule is CCNc1ccc(C(=O)N2CCSCC2C)cn1. The van der Waals surface area contributed by atoms with E-state index in [1.165, 1.54) is 0 Å². The van der Waals surface area contributed by atoms with Crippen LogP contribution in [-0.4, -0.2) is 46.4 Å². The molecule has 4 nitrogen and oxygen atoms in total. The predicted molar refractivity (Wildman–Crippen MR) is 76.2 cm³/mol. The molecule has 1 unspecified atom stereocenters. The zero-order chi connectivity index (χ0) is 13.0. The van der Waals surface area contributed by atoms with Gasteiger partial charge in [-0.25, -0.2) is 4.98 Å². The molecule has 0 radical (unpaired) electrons. The van der Waals surface area contributed by atoms with Crippen molar-refractivity contribution in [2.45, 2.75) is 19.9 Å². The van der Waals surface area contributed by atoms with E-state index in [1.807, 2.05) is 35.7 Å². The molecule has 1 aliphatic rings. The van der Waals surface area contributed by atoms with Crippen LogP contribution in [0.1, 0.15) is 24.2 Å². The number of nitrogens with one attached hydrogen (secondary N) is 1. The maximum absolute atomic E-state index is 12.3. The Kier molecular flexibility index (Phi) is 4.47. The molecule has 0 aromatic carbocycles. The van der Waals surface area contributed by atoms with E-state index in [-0.39, 0.29) is 5.91 Å². The van der Waals surface area contributed by atoms with Gasteiger partial charge >= 0.3 is 0 Å². The van der Waals surface area contributed by atoms with Crippen molar-refractivity contribution < 1.29 is 4.79 Å². The van der Waals surface area contributed by atoms with Gasteiger partial charge in [-0.2, -0.15) is 11.8 Å². The summed E-state index contributed by atoms with van der Waals surface area (Å²) in [6.45, 7) is 5.79. The molecule has 18 heavy (non-hydrogen) atoms. The highest BCUT2D eigenvalue weighted by atomic mass is 32.2. The maximum atomic E-state index is 12.3. The molecule has 1 saturated heterocycles. The van der Waals surface area contributed by atoms with Gasteiger partial charge in [0.1, 0.15) is 5.82 Å². The Bertz CT molecular complexity index is 407. The van der Waals surface area contributed by atoms with Gasteiger partial charge in [-0.15, -0.1) is 0 Å². The van der Waals surface area contributed by atoms with Gasteiger partial charge in [0.05, 0.1) is 5.56 Å². The van der Waals surface area contributed by atoms with Crippen molar-refractivity contribution in [3.8, 4) is 0 Å². The first kappa shape index (κ1) is 13.2. The summed E-state index contributed by atoms with van der Waals surface area (Å²) < 4.78 is 0. The molecule has 0 saturated carbocycles. The molecule has 1 aliphatic heterocycles. The molecular weight excluding hydrogens is 246 g/mol. The molecular formula is C13H19N3OS. The third-order valence-electron chi connectivity index (χ3n) is 3.00. The highest BCUT2D eigenvalue weighted by molar-refractivity contribution is 7.99. The minimum absolute atomic E-state index is 0.0957. The van der Waals surface area contributed by atoms with E-state index in [9.17, 15) is 4.79 Å². The molecule has 0 spiro atoms. The lowest BCUT2D eigenvalue weighted by atomic mass is 10.2. The minimum Gasteiger partial charge on any atom is -0.370 e. The van der Waals surface area contributed by atoms with Gasteiger partial charge in [0.2, 0.25) is 0 Å². The van der Waals surface area contributed by atoms with Crippen LogP contribution in [0.4, 0.5) is 5.82 Å². The first-order chi connectivity index (χ1) is 8.72. The summed E-state index contributed by atoms with van der Waals surface area (Å²) >= 11 is 1.91. The second kappa shape index (κ2) is 6.09. The summed E-state index contributed by atoms with van der Waals surface area (Å²) in [5, 5.41) is 3.12. The highest BCUT2D eigenvalue weighted by Gasteiger charge is 2.24. The van der Waals surface area contributed by atoms with Gasteiger partial charge in [-0.05, 0) is 26.0 Å². The number of hydrogen-bond donors (Lipinski definition) is 1. The number of anilines is 1. The van der Waals surface area contributed by atoms with Crippen LogP contribution in [0.3, 0.4) is 0 Å². The largest absolute Gasteiger partial charge is 0.370 e. The maximum Gasteiger partial charge on any atom is 0.255 e. The number of carbonyl (C=O) groups excluding carboxylic acids is 1. The Labute approximate surface area is 112 Å². The summed E-state index contributed by atoms with van der Waals surface area (Å²) in [6.07, 6.45) is 1.66. The Morgan fingerprint density at radius 3 is 3.06 bits per heavy atom. The summed E-state index contributed by atoms with van der Waals surface area (Å²) in [7, 11) is 0. The van der Waals surface area contributed by atoms with Crippen molar-refractivity contribution in [3.63, 3.8) is 0 Å². The number of thioether (sulfide) groups is 1. The van der Waals surface area contributed by atoms with Crippen LogP contribution in [-0.2, 0) is 0 Å². The summed E-state index contributed by atoms with van der Waals surface area (Å²) in [4.78, 5) is 18.5. The number of amides is 1. The van der Waals surface area contributed by atoms with Crippen LogP contribution in [0.15, 0.2) is 18.3 Å². The Morgan fingerprint density at radius 1 is 1.61 bits per heavy atom. The Hall–Kier alpha value is -1.23. The van der Waals surface area contributed by atoms with Crippen LogP contribution < -0.4 is 5.32 Å². The smallest absolute Gasteiger partial charge is 0.255 e. The average molecular weight is 265 g/mol. The quantitative estimate of drug-likeness (QED) is 0.909. The molecule has 1 atom stereocenters. The van der Waals surface area contributed by atoms with E-state index in [1.54, 1.807) is 6.20 Å². The van der Waals surface area contributed by atoms with Gasteiger partial charge in [0.25, 0.3) is 5.91 Å². The monoisotopic (exact) mass is 265 g/mol. The fourth-order valence-corrected chi connectivity index (χ4v) is 3.01. The van der Waals surface area contributed by atoms with Crippen LogP contribution in [0.25, 0.3) is 0 Å². The third-order valence-corrected chi connectivity index (χ3v) is 4.19. The van der Waals surface area contributed by atoms with Crippen molar-refractivity contribution in [1.82, 2.24) is 9.88 Å². The molecule has 0 bridgehead atoms. The predicted octanol–water partition coefficient (Wildman–Crippen LogP) is 2.09. The van der Waals surface area contributed by atoms with Crippen molar-refractivity contribution in [2.75, 3.05) is 29.9 Å². The van der Waals surface area contributed by atoms with E-state index in [0.29, 0.717) is 11.6 Å². The van der Waals surface area contributed by atoms with E-state index in [4.69, 9.17) is 0 Å². The molecule has 1 aromatic heterocycles. The molecule has 1 amide bonds. The van der Waals surface area contributed by atoms with Gasteiger partial charge in [0, 0.05) is 36.8 Å². The second-order valence-corrected chi connectivity index (χ2v) is 5.53. The molecule has 2 rings (SSSR count). The summed E-state index contributed by atoms with van der Waals surface area (Å²) in [5.41, 5.74) is 0.676. The standard InChI is InChI=1S/C13H19N3OS/c1-3-14-12-5-4-11(8-15-12)13(17)16-6-7-18-9-10(16)2/h4-5,8,10H,3,6-7,9H2,1-2H3,(H,14,15). The Balaban J connectivity index is 2.08. The normalized spacial score (nSPS) is 19.7. The lowest BCUT2D eigenvalue weighted by molar-refractivity contribution is 0.0715. The molecule has 98 valence electrons. The van der Waals surface area contributed by atoms with Gasteiger partial charge in [0.15, 0.2) is 0 Å². The van der Waals surface area contributed by atoms with Crippen LogP contribution in [0, 0.1) is 0 Å². The highest BCUT2D eigenvalue weighted by Crippen LogP contribution is 2.18. The fraction of sp³-hybridized carbons (Fsp3) is 0.538. The van der Waals surface area contributed by atoms with Gasteiger partial charge < -0.3 is 10.2 Å². The van der Waals surface area contributed by atoms with E-state index in [0.717, 1.165) is 30.4 Å². The van der Waals surface area contributed by atoms with Gasteiger partial charge in [-0.1, -0.05) is 0 Å². The van der Waals surface area contributed by atoms with Gasteiger partial charge in [-0.3, -0.25) is 4.79 Å². The van der Waals surface area contributed by atoms with Crippen LogP contribution in [0.5, 0.6) is 0 Å². The second-order valence-electron chi connectivity index (χ2n) is 4.38. The van der Waals surface area contributed by atoms with E-state index >= 15 is 0 Å². The van der Waals surface area contributed by atoms with Crippen LogP contribution >= 0.6 is 11.8 Å². The minimum atomic E-state index is 0.0957. The Morgan fingerprint density at radius 2 is 2.44 bits per heavy atom. The summed E-state index contributed by atoms with van der Waals surface area (Å²) in [6, 6.07) is 4.02. The number of hydrogen-bond acceptors (Lipinski definition) is 4. The number of aromatic nitrogens is 1. The van der Waals surface area contributed by atoms with Crippen molar-refractivity contribution >= 4 is 23.5 Å². The first-order valence-electron chi connectivity index (χ1n) is 6.31. The van der Waals surface area contributed by atoms with Crippen LogP contribution in [0.2, 0.25) is 0 Å². The average Bonchev–Trinajstić information content (AvgIpc) is 2.40. The molecule has 0 aliphatic carbocycles. The fourth-order valence-electron chi connectivity index (χ4n) is 2.00. The number of carbonyl (C=O) groups is 1.